The first-order chi connectivity index (χ1) is 12.7. The molecular weight excluding hydrogens is 328 g/mol. The van der Waals surface area contributed by atoms with Crippen molar-refractivity contribution in [1.82, 2.24) is 5.43 Å². The molecule has 0 saturated carbocycles. The maximum absolute atomic E-state index is 12.2. The summed E-state index contributed by atoms with van der Waals surface area (Å²) < 4.78 is 5.03. The van der Waals surface area contributed by atoms with Crippen LogP contribution in [0.3, 0.4) is 0 Å². The van der Waals surface area contributed by atoms with Gasteiger partial charge in [-0.25, -0.2) is 5.43 Å². The molecule has 1 amide bonds. The van der Waals surface area contributed by atoms with Gasteiger partial charge in [0.2, 0.25) is 0 Å². The number of ether oxygens (including phenoxy) is 1. The van der Waals surface area contributed by atoms with Crippen LogP contribution in [-0.4, -0.2) is 24.3 Å². The summed E-state index contributed by atoms with van der Waals surface area (Å²) in [5.74, 6) is -0.0137. The van der Waals surface area contributed by atoms with Gasteiger partial charge in [-0.1, -0.05) is 48.5 Å². The molecule has 0 heterocycles. The molecule has 0 spiro atoms. The quantitative estimate of drug-likeness (QED) is 0.545. The third-order valence-electron chi connectivity index (χ3n) is 3.87. The van der Waals surface area contributed by atoms with Crippen molar-refractivity contribution in [3.63, 3.8) is 0 Å². The predicted octanol–water partition coefficient (Wildman–Crippen LogP) is 3.83. The number of hydrogen-bond acceptors (Lipinski definition) is 4. The Bertz CT molecular complexity index is 920. The van der Waals surface area contributed by atoms with E-state index in [0.717, 1.165) is 11.1 Å². The second-order valence-corrected chi connectivity index (χ2v) is 5.54. The van der Waals surface area contributed by atoms with Gasteiger partial charge in [-0.2, -0.15) is 5.10 Å². The number of nitrogens with one attached hydrogen (secondary N) is 1. The van der Waals surface area contributed by atoms with Gasteiger partial charge in [0.05, 0.1) is 13.3 Å². The Labute approximate surface area is 151 Å². The molecule has 0 saturated heterocycles. The van der Waals surface area contributed by atoms with Gasteiger partial charge < -0.3 is 9.84 Å². The topological polar surface area (TPSA) is 70.9 Å². The number of phenolic OH excluding ortho intramolecular Hbond substituents is 1. The molecule has 0 aliphatic heterocycles. The molecule has 5 nitrogen and oxygen atoms in total. The summed E-state index contributed by atoms with van der Waals surface area (Å²) in [6, 6.07) is 22.2. The van der Waals surface area contributed by atoms with Crippen LogP contribution < -0.4 is 10.2 Å². The molecule has 3 aromatic carbocycles. The van der Waals surface area contributed by atoms with Crippen molar-refractivity contribution < 1.29 is 14.6 Å². The first kappa shape index (κ1) is 17.2. The summed E-state index contributed by atoms with van der Waals surface area (Å²) in [6.07, 6.45) is 1.37. The number of amides is 1. The van der Waals surface area contributed by atoms with E-state index in [9.17, 15) is 9.90 Å². The molecule has 26 heavy (non-hydrogen) atoms. The SMILES string of the molecule is COc1cccc(/C=N\NC(=O)c2ccc(-c3ccccc3)cc2)c1O. The van der Waals surface area contributed by atoms with Crippen molar-refractivity contribution in [2.24, 2.45) is 5.10 Å². The van der Waals surface area contributed by atoms with Crippen molar-refractivity contribution in [2.45, 2.75) is 0 Å². The number of hydrazone groups is 1. The molecule has 0 atom stereocenters. The average Bonchev–Trinajstić information content (AvgIpc) is 2.70. The third kappa shape index (κ3) is 3.89. The van der Waals surface area contributed by atoms with E-state index in [2.05, 4.69) is 10.5 Å². The summed E-state index contributed by atoms with van der Waals surface area (Å²) in [5.41, 5.74) is 5.52. The predicted molar refractivity (Wildman–Crippen MR) is 102 cm³/mol. The number of para-hydroxylation sites is 1. The molecule has 2 N–H and O–H groups in total. The van der Waals surface area contributed by atoms with Crippen LogP contribution >= 0.6 is 0 Å². The van der Waals surface area contributed by atoms with Crippen molar-refractivity contribution in [3.05, 3.63) is 83.9 Å². The first-order valence-electron chi connectivity index (χ1n) is 8.04. The molecular formula is C21H18N2O3. The zero-order chi connectivity index (χ0) is 18.4. The minimum Gasteiger partial charge on any atom is -0.504 e. The normalized spacial score (nSPS) is 10.7. The number of phenols is 1. The van der Waals surface area contributed by atoms with Gasteiger partial charge in [0.25, 0.3) is 5.91 Å². The number of carbonyl (C=O) groups is 1. The van der Waals surface area contributed by atoms with E-state index in [4.69, 9.17) is 4.74 Å². The van der Waals surface area contributed by atoms with Crippen LogP contribution in [0, 0.1) is 0 Å². The number of carbonyl (C=O) groups excluding carboxylic acids is 1. The molecule has 0 unspecified atom stereocenters. The van der Waals surface area contributed by atoms with E-state index in [-0.39, 0.29) is 11.7 Å². The Morgan fingerprint density at radius 2 is 1.65 bits per heavy atom. The molecule has 5 heteroatoms. The van der Waals surface area contributed by atoms with Crippen LogP contribution in [0.2, 0.25) is 0 Å². The van der Waals surface area contributed by atoms with Crippen molar-refractivity contribution in [2.75, 3.05) is 7.11 Å². The highest BCUT2D eigenvalue weighted by Gasteiger charge is 2.07. The Hall–Kier alpha value is -3.60. The number of aromatic hydroxyl groups is 1. The van der Waals surface area contributed by atoms with Gasteiger partial charge in [0, 0.05) is 11.1 Å². The standard InChI is InChI=1S/C21H18N2O3/c1-26-19-9-5-8-18(20(19)24)14-22-23-21(25)17-12-10-16(11-13-17)15-6-3-2-4-7-15/h2-14,24H,1H3,(H,23,25)/b22-14-. The van der Waals surface area contributed by atoms with E-state index < -0.39 is 0 Å². The Balaban J connectivity index is 1.67. The lowest BCUT2D eigenvalue weighted by molar-refractivity contribution is 0.0955. The van der Waals surface area contributed by atoms with E-state index in [0.29, 0.717) is 16.9 Å². The molecule has 0 aliphatic rings. The van der Waals surface area contributed by atoms with Crippen molar-refractivity contribution >= 4 is 12.1 Å². The van der Waals surface area contributed by atoms with Crippen molar-refractivity contribution in [3.8, 4) is 22.6 Å². The fraction of sp³-hybridized carbons (Fsp3) is 0.0476. The lowest BCUT2D eigenvalue weighted by Gasteiger charge is -2.05. The molecule has 0 aromatic heterocycles. The van der Waals surface area contributed by atoms with E-state index in [1.165, 1.54) is 13.3 Å². The minimum atomic E-state index is -0.330. The second kappa shape index (κ2) is 7.98. The van der Waals surface area contributed by atoms with Crippen LogP contribution in [0.5, 0.6) is 11.5 Å². The summed E-state index contributed by atoms with van der Waals surface area (Å²) in [5, 5.41) is 13.9. The molecule has 0 aliphatic carbocycles. The molecule has 0 fully saturated rings. The van der Waals surface area contributed by atoms with Gasteiger partial charge in [-0.15, -0.1) is 0 Å². The molecule has 130 valence electrons. The van der Waals surface area contributed by atoms with Gasteiger partial charge in [0.15, 0.2) is 11.5 Å². The molecule has 0 radical (unpaired) electrons. The smallest absolute Gasteiger partial charge is 0.271 e. The maximum Gasteiger partial charge on any atom is 0.271 e. The third-order valence-corrected chi connectivity index (χ3v) is 3.87. The Kier molecular flexibility index (Phi) is 5.29. The van der Waals surface area contributed by atoms with Crippen LogP contribution in [0.4, 0.5) is 0 Å². The van der Waals surface area contributed by atoms with Crippen LogP contribution in [0.1, 0.15) is 15.9 Å². The van der Waals surface area contributed by atoms with Gasteiger partial charge in [-0.05, 0) is 35.4 Å². The highest BCUT2D eigenvalue weighted by atomic mass is 16.5. The monoisotopic (exact) mass is 346 g/mol. The summed E-state index contributed by atoms with van der Waals surface area (Å²) >= 11 is 0. The Morgan fingerprint density at radius 1 is 0.962 bits per heavy atom. The number of rotatable bonds is 5. The maximum atomic E-state index is 12.2. The van der Waals surface area contributed by atoms with Gasteiger partial charge >= 0.3 is 0 Å². The van der Waals surface area contributed by atoms with Crippen LogP contribution in [0.25, 0.3) is 11.1 Å². The molecule has 3 rings (SSSR count). The zero-order valence-electron chi connectivity index (χ0n) is 14.2. The number of hydrogen-bond donors (Lipinski definition) is 2. The minimum absolute atomic E-state index is 0.0276. The van der Waals surface area contributed by atoms with Gasteiger partial charge in [-0.3, -0.25) is 4.79 Å². The fourth-order valence-corrected chi connectivity index (χ4v) is 2.48. The highest BCUT2D eigenvalue weighted by molar-refractivity contribution is 5.95. The molecule has 3 aromatic rings. The second-order valence-electron chi connectivity index (χ2n) is 5.54. The van der Waals surface area contributed by atoms with E-state index >= 15 is 0 Å². The first-order valence-corrected chi connectivity index (χ1v) is 8.04. The largest absolute Gasteiger partial charge is 0.504 e. The lowest BCUT2D eigenvalue weighted by atomic mass is 10.0. The lowest BCUT2D eigenvalue weighted by Crippen LogP contribution is -2.17. The van der Waals surface area contributed by atoms with Gasteiger partial charge in [0.1, 0.15) is 0 Å². The highest BCUT2D eigenvalue weighted by Crippen LogP contribution is 2.27. The fourth-order valence-electron chi connectivity index (χ4n) is 2.48. The average molecular weight is 346 g/mol. The zero-order valence-corrected chi connectivity index (χ0v) is 14.2. The van der Waals surface area contributed by atoms with E-state index in [1.807, 2.05) is 42.5 Å². The molecule has 0 bridgehead atoms. The van der Waals surface area contributed by atoms with E-state index in [1.54, 1.807) is 30.3 Å². The van der Waals surface area contributed by atoms with Crippen LogP contribution in [-0.2, 0) is 0 Å². The van der Waals surface area contributed by atoms with Crippen molar-refractivity contribution in [1.29, 1.82) is 0 Å². The number of benzene rings is 3. The summed E-state index contributed by atoms with van der Waals surface area (Å²) in [4.78, 5) is 12.2. The number of methoxy groups -OCH3 is 1. The summed E-state index contributed by atoms with van der Waals surface area (Å²) in [7, 11) is 1.47. The Morgan fingerprint density at radius 3 is 2.35 bits per heavy atom. The number of nitrogens with zero attached hydrogens (tertiary/aromatic N) is 1. The van der Waals surface area contributed by atoms with Crippen LogP contribution in [0.15, 0.2) is 77.9 Å². The summed E-state index contributed by atoms with van der Waals surface area (Å²) in [6.45, 7) is 0.